The smallest absolute Gasteiger partial charge is 0.274 e. The van der Waals surface area contributed by atoms with Gasteiger partial charge in [0.2, 0.25) is 5.88 Å². The summed E-state index contributed by atoms with van der Waals surface area (Å²) >= 11 is 0. The molecule has 1 amide bonds. The Morgan fingerprint density at radius 2 is 2.10 bits per heavy atom. The molecule has 0 atom stereocenters. The SMILES string of the molecule is Cn1nc(C(=O)N2CC(Oc3ccccn3)C2)ccc1=O. The Labute approximate surface area is 120 Å². The van der Waals surface area contributed by atoms with E-state index in [0.29, 0.717) is 19.0 Å². The van der Waals surface area contributed by atoms with E-state index in [0.717, 1.165) is 4.68 Å². The van der Waals surface area contributed by atoms with Crippen LogP contribution in [0.15, 0.2) is 41.3 Å². The average molecular weight is 286 g/mol. The molecule has 0 aromatic carbocycles. The van der Waals surface area contributed by atoms with Gasteiger partial charge in [-0.2, -0.15) is 5.10 Å². The molecule has 7 nitrogen and oxygen atoms in total. The summed E-state index contributed by atoms with van der Waals surface area (Å²) in [5, 5.41) is 3.94. The Kier molecular flexibility index (Phi) is 3.39. The van der Waals surface area contributed by atoms with Gasteiger partial charge in [-0.15, -0.1) is 0 Å². The molecule has 1 fully saturated rings. The zero-order chi connectivity index (χ0) is 14.8. The Balaban J connectivity index is 1.59. The van der Waals surface area contributed by atoms with Crippen LogP contribution in [-0.4, -0.2) is 44.8 Å². The van der Waals surface area contributed by atoms with Gasteiger partial charge in [-0.25, -0.2) is 9.67 Å². The predicted molar refractivity (Wildman–Crippen MR) is 74.0 cm³/mol. The summed E-state index contributed by atoms with van der Waals surface area (Å²) in [5.41, 5.74) is 0.0138. The Bertz CT molecular complexity index is 708. The molecule has 3 heterocycles. The zero-order valence-electron chi connectivity index (χ0n) is 11.5. The number of likely N-dealkylation sites (tertiary alicyclic amines) is 1. The summed E-state index contributed by atoms with van der Waals surface area (Å²) in [7, 11) is 1.52. The monoisotopic (exact) mass is 286 g/mol. The van der Waals surface area contributed by atoms with Gasteiger partial charge in [-0.3, -0.25) is 9.59 Å². The predicted octanol–water partition coefficient (Wildman–Crippen LogP) is 0.0787. The number of ether oxygens (including phenoxy) is 1. The second-order valence-electron chi connectivity index (χ2n) is 4.80. The lowest BCUT2D eigenvalue weighted by Gasteiger charge is -2.38. The summed E-state index contributed by atoms with van der Waals surface area (Å²) in [4.78, 5) is 29.1. The van der Waals surface area contributed by atoms with Gasteiger partial charge in [0.25, 0.3) is 11.5 Å². The highest BCUT2D eigenvalue weighted by molar-refractivity contribution is 5.92. The molecule has 21 heavy (non-hydrogen) atoms. The Hall–Kier alpha value is -2.70. The maximum Gasteiger partial charge on any atom is 0.274 e. The van der Waals surface area contributed by atoms with Crippen molar-refractivity contribution < 1.29 is 9.53 Å². The number of aromatic nitrogens is 3. The van der Waals surface area contributed by atoms with Gasteiger partial charge in [-0.1, -0.05) is 6.07 Å². The van der Waals surface area contributed by atoms with E-state index in [4.69, 9.17) is 4.74 Å². The Morgan fingerprint density at radius 3 is 2.76 bits per heavy atom. The molecule has 0 saturated carbocycles. The third-order valence-electron chi connectivity index (χ3n) is 3.24. The van der Waals surface area contributed by atoms with Crippen LogP contribution in [0.4, 0.5) is 0 Å². The second kappa shape index (κ2) is 5.35. The molecular weight excluding hydrogens is 272 g/mol. The van der Waals surface area contributed by atoms with E-state index >= 15 is 0 Å². The number of hydrogen-bond acceptors (Lipinski definition) is 5. The van der Waals surface area contributed by atoms with Crippen molar-refractivity contribution in [3.63, 3.8) is 0 Å². The maximum atomic E-state index is 12.2. The van der Waals surface area contributed by atoms with Crippen molar-refractivity contribution in [2.45, 2.75) is 6.10 Å². The third-order valence-corrected chi connectivity index (χ3v) is 3.24. The molecule has 0 spiro atoms. The molecule has 7 heteroatoms. The number of hydrogen-bond donors (Lipinski definition) is 0. The maximum absolute atomic E-state index is 12.2. The molecule has 2 aromatic heterocycles. The molecule has 108 valence electrons. The molecule has 0 aliphatic carbocycles. The first-order chi connectivity index (χ1) is 10.1. The van der Waals surface area contributed by atoms with E-state index in [2.05, 4.69) is 10.1 Å². The van der Waals surface area contributed by atoms with E-state index < -0.39 is 0 Å². The highest BCUT2D eigenvalue weighted by atomic mass is 16.5. The van der Waals surface area contributed by atoms with Crippen molar-refractivity contribution in [1.82, 2.24) is 19.7 Å². The fourth-order valence-corrected chi connectivity index (χ4v) is 2.04. The normalized spacial score (nSPS) is 14.6. The van der Waals surface area contributed by atoms with E-state index in [-0.39, 0.29) is 23.3 Å². The molecule has 0 N–H and O–H groups in total. The third kappa shape index (κ3) is 2.76. The quantitative estimate of drug-likeness (QED) is 0.798. The number of pyridine rings is 1. The van der Waals surface area contributed by atoms with Crippen molar-refractivity contribution in [1.29, 1.82) is 0 Å². The molecule has 1 aliphatic heterocycles. The van der Waals surface area contributed by atoms with Crippen LogP contribution < -0.4 is 10.3 Å². The molecule has 0 radical (unpaired) electrons. The van der Waals surface area contributed by atoms with Crippen LogP contribution in [0.3, 0.4) is 0 Å². The molecule has 1 saturated heterocycles. The van der Waals surface area contributed by atoms with Crippen LogP contribution >= 0.6 is 0 Å². The van der Waals surface area contributed by atoms with Gasteiger partial charge in [0.1, 0.15) is 11.8 Å². The van der Waals surface area contributed by atoms with E-state index in [1.54, 1.807) is 17.2 Å². The minimum absolute atomic E-state index is 0.0589. The van der Waals surface area contributed by atoms with Crippen LogP contribution in [0.1, 0.15) is 10.5 Å². The number of nitrogens with zero attached hydrogens (tertiary/aromatic N) is 4. The van der Waals surface area contributed by atoms with Crippen molar-refractivity contribution in [2.24, 2.45) is 7.05 Å². The fraction of sp³-hybridized carbons (Fsp3) is 0.286. The largest absolute Gasteiger partial charge is 0.471 e. The first-order valence-electron chi connectivity index (χ1n) is 6.55. The topological polar surface area (TPSA) is 77.3 Å². The van der Waals surface area contributed by atoms with Crippen LogP contribution in [0.25, 0.3) is 0 Å². The molecule has 0 unspecified atom stereocenters. The fourth-order valence-electron chi connectivity index (χ4n) is 2.04. The van der Waals surface area contributed by atoms with Crippen molar-refractivity contribution >= 4 is 5.91 Å². The molecule has 3 rings (SSSR count). The lowest BCUT2D eigenvalue weighted by molar-refractivity contribution is 0.0154. The summed E-state index contributed by atoms with van der Waals surface area (Å²) in [6, 6.07) is 8.21. The standard InChI is InChI=1S/C14H14N4O3/c1-17-13(19)6-5-11(16-17)14(20)18-8-10(9-18)21-12-4-2-3-7-15-12/h2-7,10H,8-9H2,1H3. The second-order valence-corrected chi connectivity index (χ2v) is 4.80. The van der Waals surface area contributed by atoms with Crippen LogP contribution in [0.5, 0.6) is 5.88 Å². The Morgan fingerprint density at radius 1 is 1.29 bits per heavy atom. The minimum Gasteiger partial charge on any atom is -0.471 e. The van der Waals surface area contributed by atoms with E-state index in [1.165, 1.54) is 19.2 Å². The number of carbonyl (C=O) groups is 1. The summed E-state index contributed by atoms with van der Waals surface area (Å²) < 4.78 is 6.78. The lowest BCUT2D eigenvalue weighted by atomic mass is 10.1. The molecule has 2 aromatic rings. The van der Waals surface area contributed by atoms with Crippen LogP contribution in [0.2, 0.25) is 0 Å². The van der Waals surface area contributed by atoms with E-state index in [9.17, 15) is 9.59 Å². The highest BCUT2D eigenvalue weighted by Gasteiger charge is 2.33. The average Bonchev–Trinajstić information content (AvgIpc) is 2.46. The van der Waals surface area contributed by atoms with Gasteiger partial charge in [0, 0.05) is 25.4 Å². The van der Waals surface area contributed by atoms with Gasteiger partial charge in [0.15, 0.2) is 0 Å². The summed E-state index contributed by atoms with van der Waals surface area (Å²) in [5.74, 6) is 0.348. The molecule has 0 bridgehead atoms. The lowest BCUT2D eigenvalue weighted by Crippen LogP contribution is -2.56. The minimum atomic E-state index is -0.244. The summed E-state index contributed by atoms with van der Waals surface area (Å²) in [6.07, 6.45) is 1.60. The van der Waals surface area contributed by atoms with Gasteiger partial charge in [0.05, 0.1) is 13.1 Å². The number of rotatable bonds is 3. The van der Waals surface area contributed by atoms with Crippen molar-refractivity contribution in [3.05, 3.63) is 52.6 Å². The number of amides is 1. The first kappa shape index (κ1) is 13.3. The zero-order valence-corrected chi connectivity index (χ0v) is 11.5. The highest BCUT2D eigenvalue weighted by Crippen LogP contribution is 2.17. The number of aryl methyl sites for hydroxylation is 1. The van der Waals surface area contributed by atoms with Crippen LogP contribution in [-0.2, 0) is 7.05 Å². The molecular formula is C14H14N4O3. The van der Waals surface area contributed by atoms with Crippen molar-refractivity contribution in [2.75, 3.05) is 13.1 Å². The van der Waals surface area contributed by atoms with Gasteiger partial charge < -0.3 is 9.64 Å². The van der Waals surface area contributed by atoms with Crippen LogP contribution in [0, 0.1) is 0 Å². The van der Waals surface area contributed by atoms with E-state index in [1.807, 2.05) is 12.1 Å². The number of carbonyl (C=O) groups excluding carboxylic acids is 1. The summed E-state index contributed by atoms with van der Waals surface area (Å²) in [6.45, 7) is 0.972. The molecule has 1 aliphatic rings. The first-order valence-corrected chi connectivity index (χ1v) is 6.55. The van der Waals surface area contributed by atoms with Gasteiger partial charge in [-0.05, 0) is 12.1 Å². The van der Waals surface area contributed by atoms with Crippen molar-refractivity contribution in [3.8, 4) is 5.88 Å². The van der Waals surface area contributed by atoms with Gasteiger partial charge >= 0.3 is 0 Å².